The minimum Gasteiger partial charge on any atom is -0.469 e. The van der Waals surface area contributed by atoms with E-state index < -0.39 is 0 Å². The smallest absolute Gasteiger partial charge is 0.307 e. The Kier molecular flexibility index (Phi) is 4.34. The topological polar surface area (TPSA) is 72.6 Å². The number of rotatable bonds is 5. The summed E-state index contributed by atoms with van der Waals surface area (Å²) in [6, 6.07) is 7.39. The zero-order chi connectivity index (χ0) is 14.5. The molecular formula is C14H16N2O4. The first kappa shape index (κ1) is 14.0. The molecule has 0 aliphatic carbocycles. The van der Waals surface area contributed by atoms with Crippen LogP contribution in [-0.4, -0.2) is 42.6 Å². The van der Waals surface area contributed by atoms with Crippen LogP contribution in [0.3, 0.4) is 0 Å². The molecule has 1 aromatic carbocycles. The molecule has 0 saturated heterocycles. The van der Waals surface area contributed by atoms with Gasteiger partial charge in [0.2, 0.25) is 5.91 Å². The van der Waals surface area contributed by atoms with Crippen molar-refractivity contribution in [2.45, 2.75) is 12.8 Å². The van der Waals surface area contributed by atoms with E-state index >= 15 is 0 Å². The Morgan fingerprint density at radius 3 is 2.85 bits per heavy atom. The Morgan fingerprint density at radius 2 is 2.10 bits per heavy atom. The first-order chi connectivity index (χ1) is 9.61. The maximum atomic E-state index is 12.0. The molecular weight excluding hydrogens is 260 g/mol. The van der Waals surface area contributed by atoms with E-state index in [0.29, 0.717) is 17.8 Å². The quantitative estimate of drug-likeness (QED) is 0.772. The molecule has 2 rings (SSSR count). The van der Waals surface area contributed by atoms with Crippen molar-refractivity contribution in [1.82, 2.24) is 10.1 Å². The molecule has 6 heteroatoms. The summed E-state index contributed by atoms with van der Waals surface area (Å²) in [4.78, 5) is 24.6. The SMILES string of the molecule is COC(=O)CCN(C)C(=O)Cc1noc2ccccc12. The van der Waals surface area contributed by atoms with Crippen LogP contribution in [0.25, 0.3) is 11.0 Å². The van der Waals surface area contributed by atoms with Gasteiger partial charge in [0.15, 0.2) is 5.58 Å². The highest BCUT2D eigenvalue weighted by Crippen LogP contribution is 2.18. The number of fused-ring (bicyclic) bond motifs is 1. The second kappa shape index (κ2) is 6.18. The number of esters is 1. The highest BCUT2D eigenvalue weighted by molar-refractivity contribution is 5.86. The van der Waals surface area contributed by atoms with E-state index in [0.717, 1.165) is 5.39 Å². The van der Waals surface area contributed by atoms with Crippen LogP contribution in [0, 0.1) is 0 Å². The first-order valence-corrected chi connectivity index (χ1v) is 6.26. The van der Waals surface area contributed by atoms with Gasteiger partial charge < -0.3 is 14.2 Å². The summed E-state index contributed by atoms with van der Waals surface area (Å²) in [6.07, 6.45) is 0.326. The van der Waals surface area contributed by atoms with E-state index in [2.05, 4.69) is 9.89 Å². The molecule has 6 nitrogen and oxygen atoms in total. The molecule has 0 aliphatic rings. The van der Waals surface area contributed by atoms with E-state index in [4.69, 9.17) is 4.52 Å². The molecule has 0 saturated carbocycles. The van der Waals surface area contributed by atoms with Crippen LogP contribution in [-0.2, 0) is 20.7 Å². The molecule has 0 radical (unpaired) electrons. The standard InChI is InChI=1S/C14H16N2O4/c1-16(8-7-14(18)19-2)13(17)9-11-10-5-3-4-6-12(10)20-15-11/h3-6H,7-9H2,1-2H3. The number of nitrogens with zero attached hydrogens (tertiary/aromatic N) is 2. The van der Waals surface area contributed by atoms with Crippen LogP contribution in [0.4, 0.5) is 0 Å². The van der Waals surface area contributed by atoms with Crippen LogP contribution < -0.4 is 0 Å². The Hall–Kier alpha value is -2.37. The molecule has 1 amide bonds. The van der Waals surface area contributed by atoms with Crippen molar-refractivity contribution in [3.63, 3.8) is 0 Å². The van der Waals surface area contributed by atoms with E-state index in [9.17, 15) is 9.59 Å². The fraction of sp³-hybridized carbons (Fsp3) is 0.357. The van der Waals surface area contributed by atoms with Crippen LogP contribution in [0.5, 0.6) is 0 Å². The molecule has 0 aliphatic heterocycles. The van der Waals surface area contributed by atoms with Crippen molar-refractivity contribution >= 4 is 22.8 Å². The number of amides is 1. The van der Waals surface area contributed by atoms with Gasteiger partial charge in [-0.25, -0.2) is 0 Å². The predicted octanol–water partition coefficient (Wildman–Crippen LogP) is 1.39. The number of carbonyl (C=O) groups is 2. The minimum atomic E-state index is -0.337. The number of likely N-dealkylation sites (N-methyl/N-ethyl adjacent to an activating group) is 1. The zero-order valence-corrected chi connectivity index (χ0v) is 11.5. The van der Waals surface area contributed by atoms with Gasteiger partial charge in [0, 0.05) is 19.0 Å². The molecule has 20 heavy (non-hydrogen) atoms. The first-order valence-electron chi connectivity index (χ1n) is 6.26. The number of hydrogen-bond acceptors (Lipinski definition) is 5. The number of methoxy groups -OCH3 is 1. The van der Waals surface area contributed by atoms with E-state index in [1.807, 2.05) is 18.2 Å². The molecule has 0 N–H and O–H groups in total. The molecule has 1 aromatic heterocycles. The summed E-state index contributed by atoms with van der Waals surface area (Å²) < 4.78 is 9.69. The summed E-state index contributed by atoms with van der Waals surface area (Å²) in [5.41, 5.74) is 1.27. The lowest BCUT2D eigenvalue weighted by Crippen LogP contribution is -2.30. The third-order valence-electron chi connectivity index (χ3n) is 3.08. The Morgan fingerprint density at radius 1 is 1.35 bits per heavy atom. The predicted molar refractivity (Wildman–Crippen MR) is 72.0 cm³/mol. The summed E-state index contributed by atoms with van der Waals surface area (Å²) in [7, 11) is 2.97. The van der Waals surface area contributed by atoms with Gasteiger partial charge >= 0.3 is 5.97 Å². The molecule has 2 aromatic rings. The minimum absolute atomic E-state index is 0.118. The van der Waals surface area contributed by atoms with Crippen LogP contribution in [0.2, 0.25) is 0 Å². The zero-order valence-electron chi connectivity index (χ0n) is 11.5. The van der Waals surface area contributed by atoms with Gasteiger partial charge in [0.25, 0.3) is 0 Å². The number of carbonyl (C=O) groups excluding carboxylic acids is 2. The Balaban J connectivity index is 1.99. The summed E-state index contributed by atoms with van der Waals surface area (Å²) in [6.45, 7) is 0.321. The third kappa shape index (κ3) is 3.14. The van der Waals surface area contributed by atoms with Crippen LogP contribution in [0.15, 0.2) is 28.8 Å². The Labute approximate surface area is 116 Å². The maximum Gasteiger partial charge on any atom is 0.307 e. The van der Waals surface area contributed by atoms with Crippen molar-refractivity contribution in [2.24, 2.45) is 0 Å². The summed E-state index contributed by atoms with van der Waals surface area (Å²) >= 11 is 0. The molecule has 0 atom stereocenters. The number of ether oxygens (including phenoxy) is 1. The Bertz CT molecular complexity index is 620. The summed E-state index contributed by atoms with van der Waals surface area (Å²) in [5, 5.41) is 4.75. The maximum absolute atomic E-state index is 12.0. The average Bonchev–Trinajstić information content (AvgIpc) is 2.87. The second-order valence-corrected chi connectivity index (χ2v) is 4.44. The van der Waals surface area contributed by atoms with Crippen molar-refractivity contribution in [3.05, 3.63) is 30.0 Å². The van der Waals surface area contributed by atoms with E-state index in [1.54, 1.807) is 13.1 Å². The lowest BCUT2D eigenvalue weighted by atomic mass is 10.1. The van der Waals surface area contributed by atoms with Gasteiger partial charge in [0.05, 0.1) is 20.0 Å². The van der Waals surface area contributed by atoms with Gasteiger partial charge in [-0.05, 0) is 12.1 Å². The molecule has 1 heterocycles. The van der Waals surface area contributed by atoms with Gasteiger partial charge in [-0.15, -0.1) is 0 Å². The van der Waals surface area contributed by atoms with Gasteiger partial charge in [0.1, 0.15) is 5.69 Å². The molecule has 106 valence electrons. The average molecular weight is 276 g/mol. The van der Waals surface area contributed by atoms with Crippen molar-refractivity contribution < 1.29 is 18.8 Å². The van der Waals surface area contributed by atoms with E-state index in [1.165, 1.54) is 12.0 Å². The summed E-state index contributed by atoms with van der Waals surface area (Å²) in [5.74, 6) is -0.454. The largest absolute Gasteiger partial charge is 0.469 e. The van der Waals surface area contributed by atoms with Crippen molar-refractivity contribution in [1.29, 1.82) is 0 Å². The molecule has 0 unspecified atom stereocenters. The highest BCUT2D eigenvalue weighted by atomic mass is 16.5. The fourth-order valence-electron chi connectivity index (χ4n) is 1.83. The molecule has 0 fully saturated rings. The number of para-hydroxylation sites is 1. The normalized spacial score (nSPS) is 10.5. The number of aromatic nitrogens is 1. The highest BCUT2D eigenvalue weighted by Gasteiger charge is 2.16. The van der Waals surface area contributed by atoms with E-state index in [-0.39, 0.29) is 24.7 Å². The lowest BCUT2D eigenvalue weighted by Gasteiger charge is -2.15. The number of hydrogen-bond donors (Lipinski definition) is 0. The van der Waals surface area contributed by atoms with Crippen molar-refractivity contribution in [3.8, 4) is 0 Å². The van der Waals surface area contributed by atoms with Crippen LogP contribution >= 0.6 is 0 Å². The van der Waals surface area contributed by atoms with Crippen molar-refractivity contribution in [2.75, 3.05) is 20.7 Å². The molecule has 0 spiro atoms. The monoisotopic (exact) mass is 276 g/mol. The van der Waals surface area contributed by atoms with Gasteiger partial charge in [-0.3, -0.25) is 9.59 Å². The van der Waals surface area contributed by atoms with Gasteiger partial charge in [-0.2, -0.15) is 0 Å². The molecule has 0 bridgehead atoms. The second-order valence-electron chi connectivity index (χ2n) is 4.44. The number of benzene rings is 1. The lowest BCUT2D eigenvalue weighted by molar-refractivity contribution is -0.141. The van der Waals surface area contributed by atoms with Gasteiger partial charge in [-0.1, -0.05) is 17.3 Å². The fourth-order valence-corrected chi connectivity index (χ4v) is 1.83. The van der Waals surface area contributed by atoms with Crippen LogP contribution in [0.1, 0.15) is 12.1 Å². The third-order valence-corrected chi connectivity index (χ3v) is 3.08.